The number of fused-ring (bicyclic) bond motifs is 1. The summed E-state index contributed by atoms with van der Waals surface area (Å²) in [5, 5.41) is 10.6. The fourth-order valence-corrected chi connectivity index (χ4v) is 3.11. The van der Waals surface area contributed by atoms with E-state index in [-0.39, 0.29) is 29.7 Å². The van der Waals surface area contributed by atoms with Crippen molar-refractivity contribution >= 4 is 28.3 Å². The van der Waals surface area contributed by atoms with Crippen LogP contribution in [0.2, 0.25) is 0 Å². The molecule has 29 heavy (non-hydrogen) atoms. The van der Waals surface area contributed by atoms with E-state index in [9.17, 15) is 14.4 Å². The van der Waals surface area contributed by atoms with Gasteiger partial charge in [-0.15, -0.1) is 0 Å². The predicted octanol–water partition coefficient (Wildman–Crippen LogP) is 2.91. The molecule has 0 saturated carbocycles. The quantitative estimate of drug-likeness (QED) is 0.675. The number of aryl methyl sites for hydroxylation is 1. The molecule has 1 heterocycles. The molecule has 150 valence electrons. The first-order valence-corrected chi connectivity index (χ1v) is 9.59. The van der Waals surface area contributed by atoms with Crippen molar-refractivity contribution in [2.45, 2.75) is 33.2 Å². The standard InChI is InChI=1S/C22H24N4O3/c1-4-15-9-5-8-12-18(15)24-19(27)13-23-21(28)20-16-10-6-7-11-17(16)22(29)26(25-20)14(2)3/h5-12,14H,4,13H2,1-3H3,(H,23,28)(H,24,27). The molecule has 0 radical (unpaired) electrons. The second kappa shape index (κ2) is 8.68. The molecule has 1 aromatic heterocycles. The van der Waals surface area contributed by atoms with Crippen LogP contribution in [0.3, 0.4) is 0 Å². The molecule has 3 rings (SSSR count). The predicted molar refractivity (Wildman–Crippen MR) is 113 cm³/mol. The van der Waals surface area contributed by atoms with Crippen LogP contribution in [-0.4, -0.2) is 28.1 Å². The van der Waals surface area contributed by atoms with Crippen LogP contribution in [0.15, 0.2) is 53.3 Å². The van der Waals surface area contributed by atoms with E-state index in [1.165, 1.54) is 4.68 Å². The molecule has 0 aliphatic rings. The molecular formula is C22H24N4O3. The van der Waals surface area contributed by atoms with E-state index in [2.05, 4.69) is 15.7 Å². The third-order valence-corrected chi connectivity index (χ3v) is 4.61. The van der Waals surface area contributed by atoms with Crippen LogP contribution in [-0.2, 0) is 11.2 Å². The Morgan fingerprint density at radius 3 is 2.38 bits per heavy atom. The average molecular weight is 392 g/mol. The van der Waals surface area contributed by atoms with E-state index >= 15 is 0 Å². The van der Waals surface area contributed by atoms with E-state index in [0.29, 0.717) is 10.8 Å². The zero-order valence-corrected chi connectivity index (χ0v) is 16.7. The molecule has 0 aliphatic carbocycles. The van der Waals surface area contributed by atoms with Crippen molar-refractivity contribution in [3.8, 4) is 0 Å². The fourth-order valence-electron chi connectivity index (χ4n) is 3.11. The van der Waals surface area contributed by atoms with Crippen LogP contribution in [0.4, 0.5) is 5.69 Å². The molecule has 0 bridgehead atoms. The summed E-state index contributed by atoms with van der Waals surface area (Å²) in [7, 11) is 0. The smallest absolute Gasteiger partial charge is 0.274 e. The summed E-state index contributed by atoms with van der Waals surface area (Å²) in [5.41, 5.74) is 1.62. The van der Waals surface area contributed by atoms with E-state index in [0.717, 1.165) is 17.7 Å². The maximum absolute atomic E-state index is 12.8. The van der Waals surface area contributed by atoms with Crippen LogP contribution in [0.1, 0.15) is 42.9 Å². The number of rotatable bonds is 6. The van der Waals surface area contributed by atoms with E-state index in [1.807, 2.05) is 45.0 Å². The van der Waals surface area contributed by atoms with Crippen LogP contribution in [0.25, 0.3) is 10.8 Å². The van der Waals surface area contributed by atoms with Crippen LogP contribution < -0.4 is 16.2 Å². The Labute approximate surface area is 168 Å². The number of carbonyl (C=O) groups is 2. The second-order valence-corrected chi connectivity index (χ2v) is 6.98. The summed E-state index contributed by atoms with van der Waals surface area (Å²) in [6.45, 7) is 5.45. The number of carbonyl (C=O) groups excluding carboxylic acids is 2. The molecule has 0 unspecified atom stereocenters. The lowest BCUT2D eigenvalue weighted by Crippen LogP contribution is -2.35. The van der Waals surface area contributed by atoms with Gasteiger partial charge < -0.3 is 10.6 Å². The number of anilines is 1. The highest BCUT2D eigenvalue weighted by Gasteiger charge is 2.18. The number of para-hydroxylation sites is 1. The number of nitrogens with one attached hydrogen (secondary N) is 2. The number of hydrogen-bond acceptors (Lipinski definition) is 4. The van der Waals surface area contributed by atoms with Gasteiger partial charge in [-0.2, -0.15) is 5.10 Å². The fraction of sp³-hybridized carbons (Fsp3) is 0.273. The highest BCUT2D eigenvalue weighted by atomic mass is 16.2. The van der Waals surface area contributed by atoms with Crippen LogP contribution in [0.5, 0.6) is 0 Å². The van der Waals surface area contributed by atoms with E-state index in [1.54, 1.807) is 24.3 Å². The molecule has 2 aromatic carbocycles. The van der Waals surface area contributed by atoms with Gasteiger partial charge >= 0.3 is 0 Å². The van der Waals surface area contributed by atoms with Gasteiger partial charge in [0.25, 0.3) is 11.5 Å². The normalized spacial score (nSPS) is 10.9. The average Bonchev–Trinajstić information content (AvgIpc) is 2.72. The Morgan fingerprint density at radius 2 is 1.69 bits per heavy atom. The van der Waals surface area contributed by atoms with Gasteiger partial charge in [-0.1, -0.05) is 43.3 Å². The van der Waals surface area contributed by atoms with Gasteiger partial charge in [0, 0.05) is 11.1 Å². The minimum absolute atomic E-state index is 0.121. The Balaban J connectivity index is 1.80. The van der Waals surface area contributed by atoms with Crippen LogP contribution in [0, 0.1) is 0 Å². The molecule has 0 fully saturated rings. The first kappa shape index (κ1) is 20.3. The summed E-state index contributed by atoms with van der Waals surface area (Å²) in [4.78, 5) is 37.6. The second-order valence-electron chi connectivity index (χ2n) is 6.98. The summed E-state index contributed by atoms with van der Waals surface area (Å²) in [5.74, 6) is -0.838. The largest absolute Gasteiger partial charge is 0.342 e. The van der Waals surface area contributed by atoms with Gasteiger partial charge in [-0.05, 0) is 38.0 Å². The third kappa shape index (κ3) is 4.34. The van der Waals surface area contributed by atoms with Gasteiger partial charge in [0.2, 0.25) is 5.91 Å². The topological polar surface area (TPSA) is 93.1 Å². The van der Waals surface area contributed by atoms with E-state index in [4.69, 9.17) is 0 Å². The Bertz CT molecular complexity index is 1120. The summed E-state index contributed by atoms with van der Waals surface area (Å²) >= 11 is 0. The van der Waals surface area contributed by atoms with Crippen molar-refractivity contribution in [2.75, 3.05) is 11.9 Å². The van der Waals surface area contributed by atoms with Crippen molar-refractivity contribution < 1.29 is 9.59 Å². The molecule has 0 aliphatic heterocycles. The maximum Gasteiger partial charge on any atom is 0.274 e. The molecule has 3 aromatic rings. The van der Waals surface area contributed by atoms with Crippen molar-refractivity contribution in [3.63, 3.8) is 0 Å². The number of benzene rings is 2. The first-order chi connectivity index (χ1) is 13.9. The summed E-state index contributed by atoms with van der Waals surface area (Å²) in [6.07, 6.45) is 0.787. The van der Waals surface area contributed by atoms with Crippen molar-refractivity contribution in [1.82, 2.24) is 15.1 Å². The summed E-state index contributed by atoms with van der Waals surface area (Å²) in [6, 6.07) is 14.2. The molecule has 2 amide bonds. The lowest BCUT2D eigenvalue weighted by molar-refractivity contribution is -0.115. The Morgan fingerprint density at radius 1 is 1.03 bits per heavy atom. The SMILES string of the molecule is CCc1ccccc1NC(=O)CNC(=O)c1nn(C(C)C)c(=O)c2ccccc12. The monoisotopic (exact) mass is 392 g/mol. The zero-order valence-electron chi connectivity index (χ0n) is 16.7. The number of amides is 2. The first-order valence-electron chi connectivity index (χ1n) is 9.59. The van der Waals surface area contributed by atoms with Crippen molar-refractivity contribution in [1.29, 1.82) is 0 Å². The molecular weight excluding hydrogens is 368 g/mol. The van der Waals surface area contributed by atoms with Gasteiger partial charge in [-0.25, -0.2) is 4.68 Å². The maximum atomic E-state index is 12.8. The molecule has 7 nitrogen and oxygen atoms in total. The van der Waals surface area contributed by atoms with Crippen molar-refractivity contribution in [3.05, 3.63) is 70.1 Å². The van der Waals surface area contributed by atoms with Crippen molar-refractivity contribution in [2.24, 2.45) is 0 Å². The number of nitrogens with zero attached hydrogens (tertiary/aromatic N) is 2. The van der Waals surface area contributed by atoms with Gasteiger partial charge in [-0.3, -0.25) is 14.4 Å². The Kier molecular flexibility index (Phi) is 6.07. The van der Waals surface area contributed by atoms with E-state index < -0.39 is 5.91 Å². The lowest BCUT2D eigenvalue weighted by atomic mass is 10.1. The molecule has 0 spiro atoms. The minimum atomic E-state index is -0.505. The number of aromatic nitrogens is 2. The molecule has 0 atom stereocenters. The summed E-state index contributed by atoms with van der Waals surface area (Å²) < 4.78 is 1.29. The highest BCUT2D eigenvalue weighted by molar-refractivity contribution is 6.06. The van der Waals surface area contributed by atoms with Gasteiger partial charge in [0.15, 0.2) is 5.69 Å². The zero-order chi connectivity index (χ0) is 21.0. The molecule has 0 saturated heterocycles. The Hall–Kier alpha value is -3.48. The van der Waals surface area contributed by atoms with Gasteiger partial charge in [0.1, 0.15) is 0 Å². The molecule has 7 heteroatoms. The highest BCUT2D eigenvalue weighted by Crippen LogP contribution is 2.16. The van der Waals surface area contributed by atoms with Gasteiger partial charge in [0.05, 0.1) is 18.0 Å². The minimum Gasteiger partial charge on any atom is -0.342 e. The number of hydrogen-bond donors (Lipinski definition) is 2. The van der Waals surface area contributed by atoms with Crippen LogP contribution >= 0.6 is 0 Å². The lowest BCUT2D eigenvalue weighted by Gasteiger charge is -2.14. The third-order valence-electron chi connectivity index (χ3n) is 4.61. The molecule has 2 N–H and O–H groups in total.